The number of aliphatic hydroxyl groups excluding tert-OH is 1. The zero-order valence-electron chi connectivity index (χ0n) is 23.7. The smallest absolute Gasteiger partial charge is 0.255 e. The van der Waals surface area contributed by atoms with E-state index in [1.165, 1.54) is 29.0 Å². The molecule has 0 radical (unpaired) electrons. The van der Waals surface area contributed by atoms with Gasteiger partial charge >= 0.3 is 0 Å². The predicted octanol–water partition coefficient (Wildman–Crippen LogP) is 0.549. The lowest BCUT2D eigenvalue weighted by Crippen LogP contribution is -2.65. The van der Waals surface area contributed by atoms with Crippen LogP contribution in [-0.2, 0) is 25.5 Å². The average molecular weight is 567 g/mol. The number of likely N-dealkylation sites (N-methyl/N-ethyl adjacent to an activating group) is 2. The SMILES string of the molecule is C[C@@H]1[C@H](NC(=O)c2ccccc2O)C(=O)N[C@@H](Cc2ccccc2)[C@@H](O)[C@@H](C)C(=O)N(C)C(C2COC2)C(=O)N1C. The summed E-state index contributed by atoms with van der Waals surface area (Å²) in [7, 11) is 3.06. The quantitative estimate of drug-likeness (QED) is 0.413. The molecule has 2 aliphatic heterocycles. The molecule has 0 aromatic heterocycles. The van der Waals surface area contributed by atoms with Crippen molar-refractivity contribution >= 4 is 23.6 Å². The Hall–Kier alpha value is -3.96. The van der Waals surface area contributed by atoms with E-state index in [4.69, 9.17) is 4.74 Å². The summed E-state index contributed by atoms with van der Waals surface area (Å²) in [5.41, 5.74) is 0.800. The molecule has 11 heteroatoms. The molecule has 4 amide bonds. The molecule has 2 heterocycles. The van der Waals surface area contributed by atoms with Gasteiger partial charge in [0.2, 0.25) is 17.7 Å². The monoisotopic (exact) mass is 566 g/mol. The molecule has 2 aliphatic rings. The molecule has 220 valence electrons. The maximum Gasteiger partial charge on any atom is 0.255 e. The van der Waals surface area contributed by atoms with E-state index in [9.17, 15) is 29.4 Å². The first-order valence-corrected chi connectivity index (χ1v) is 13.7. The lowest BCUT2D eigenvalue weighted by molar-refractivity contribution is -0.161. The van der Waals surface area contributed by atoms with Gasteiger partial charge in [0, 0.05) is 20.0 Å². The van der Waals surface area contributed by atoms with Crippen LogP contribution in [0.3, 0.4) is 0 Å². The second-order valence-electron chi connectivity index (χ2n) is 10.9. The van der Waals surface area contributed by atoms with E-state index >= 15 is 0 Å². The highest BCUT2D eigenvalue weighted by Gasteiger charge is 2.45. The molecule has 2 saturated heterocycles. The molecule has 41 heavy (non-hydrogen) atoms. The van der Waals surface area contributed by atoms with E-state index in [-0.39, 0.29) is 36.9 Å². The van der Waals surface area contributed by atoms with E-state index in [0.29, 0.717) is 0 Å². The Labute approximate surface area is 239 Å². The molecule has 0 saturated carbocycles. The number of phenols is 1. The minimum absolute atomic E-state index is 0.0306. The van der Waals surface area contributed by atoms with Crippen LogP contribution in [0.15, 0.2) is 54.6 Å². The summed E-state index contributed by atoms with van der Waals surface area (Å²) >= 11 is 0. The van der Waals surface area contributed by atoms with Gasteiger partial charge in [0.05, 0.1) is 42.9 Å². The van der Waals surface area contributed by atoms with E-state index in [2.05, 4.69) is 10.6 Å². The zero-order chi connectivity index (χ0) is 29.8. The van der Waals surface area contributed by atoms with Crippen LogP contribution >= 0.6 is 0 Å². The summed E-state index contributed by atoms with van der Waals surface area (Å²) < 4.78 is 5.33. The third-order valence-corrected chi connectivity index (χ3v) is 8.23. The highest BCUT2D eigenvalue weighted by atomic mass is 16.5. The second-order valence-corrected chi connectivity index (χ2v) is 10.9. The first-order valence-electron chi connectivity index (χ1n) is 13.7. The van der Waals surface area contributed by atoms with Crippen molar-refractivity contribution in [3.63, 3.8) is 0 Å². The molecular weight excluding hydrogens is 528 g/mol. The molecule has 1 unspecified atom stereocenters. The van der Waals surface area contributed by atoms with Gasteiger partial charge in [-0.05, 0) is 31.0 Å². The molecular formula is C30H38N4O7. The van der Waals surface area contributed by atoms with E-state index in [1.54, 1.807) is 33.0 Å². The Balaban J connectivity index is 1.74. The van der Waals surface area contributed by atoms with Crippen LogP contribution in [0.2, 0.25) is 0 Å². The van der Waals surface area contributed by atoms with Gasteiger partial charge in [-0.15, -0.1) is 0 Å². The molecule has 0 bridgehead atoms. The first kappa shape index (κ1) is 30.0. The molecule has 0 aliphatic carbocycles. The van der Waals surface area contributed by atoms with Crippen LogP contribution in [0.4, 0.5) is 0 Å². The van der Waals surface area contributed by atoms with Gasteiger partial charge in [0.1, 0.15) is 17.8 Å². The predicted molar refractivity (Wildman–Crippen MR) is 150 cm³/mol. The number of nitrogens with one attached hydrogen (secondary N) is 2. The average Bonchev–Trinajstić information content (AvgIpc) is 2.94. The molecule has 2 aromatic rings. The van der Waals surface area contributed by atoms with Crippen molar-refractivity contribution in [1.29, 1.82) is 0 Å². The van der Waals surface area contributed by atoms with Crippen molar-refractivity contribution in [2.45, 2.75) is 50.5 Å². The number of hydrogen-bond donors (Lipinski definition) is 4. The fraction of sp³-hybridized carbons (Fsp3) is 0.467. The van der Waals surface area contributed by atoms with Crippen LogP contribution in [0.25, 0.3) is 0 Å². The summed E-state index contributed by atoms with van der Waals surface area (Å²) in [4.78, 5) is 57.3. The number of benzene rings is 2. The number of carbonyl (C=O) groups is 4. The van der Waals surface area contributed by atoms with Crippen LogP contribution in [0.1, 0.15) is 29.8 Å². The van der Waals surface area contributed by atoms with E-state index in [0.717, 1.165) is 5.56 Å². The molecule has 4 rings (SSSR count). The third-order valence-electron chi connectivity index (χ3n) is 8.23. The van der Waals surface area contributed by atoms with E-state index < -0.39 is 59.8 Å². The lowest BCUT2D eigenvalue weighted by atomic mass is 9.88. The van der Waals surface area contributed by atoms with Crippen molar-refractivity contribution in [3.8, 4) is 5.75 Å². The number of rotatable bonds is 5. The number of amides is 4. The Bertz CT molecular complexity index is 1270. The maximum atomic E-state index is 13.9. The number of phenolic OH excluding ortho intramolecular Hbond substituents is 1. The van der Waals surface area contributed by atoms with Gasteiger partial charge < -0.3 is 35.4 Å². The largest absolute Gasteiger partial charge is 0.507 e. The van der Waals surface area contributed by atoms with Crippen molar-refractivity contribution in [3.05, 3.63) is 65.7 Å². The third kappa shape index (κ3) is 6.36. The molecule has 2 fully saturated rings. The minimum Gasteiger partial charge on any atom is -0.507 e. The summed E-state index contributed by atoms with van der Waals surface area (Å²) in [6.45, 7) is 3.78. The summed E-state index contributed by atoms with van der Waals surface area (Å²) in [5.74, 6) is -3.67. The molecule has 4 N–H and O–H groups in total. The second kappa shape index (κ2) is 12.7. The highest BCUT2D eigenvalue weighted by molar-refractivity contribution is 6.00. The van der Waals surface area contributed by atoms with Gasteiger partial charge in [-0.25, -0.2) is 0 Å². The Morgan fingerprint density at radius 2 is 1.61 bits per heavy atom. The number of para-hydroxylation sites is 1. The van der Waals surface area contributed by atoms with Crippen molar-refractivity contribution < 1.29 is 34.1 Å². The summed E-state index contributed by atoms with van der Waals surface area (Å²) in [5, 5.41) is 27.2. The molecule has 0 spiro atoms. The van der Waals surface area contributed by atoms with Gasteiger partial charge in [-0.2, -0.15) is 0 Å². The highest BCUT2D eigenvalue weighted by Crippen LogP contribution is 2.26. The standard InChI is InChI=1S/C30H38N4O7/c1-17-26(36)22(14-19-10-6-5-7-11-19)31-28(38)24(32-27(37)21-12-8-9-13-23(21)35)18(2)33(3)30(40)25(20-15-41-16-20)34(4)29(17)39/h5-13,17-18,20,22,24-26,35-36H,14-16H2,1-4H3,(H,31,38)(H,32,37)/t17-,18-,22+,24+,25?,26+/m1/s1. The van der Waals surface area contributed by atoms with Gasteiger partial charge in [0.15, 0.2) is 0 Å². The zero-order valence-corrected chi connectivity index (χ0v) is 23.7. The fourth-order valence-electron chi connectivity index (χ4n) is 5.39. The Kier molecular flexibility index (Phi) is 9.29. The number of nitrogens with zero attached hydrogens (tertiary/aromatic N) is 2. The van der Waals surface area contributed by atoms with Gasteiger partial charge in [0.25, 0.3) is 5.91 Å². The molecule has 2 aromatic carbocycles. The number of aromatic hydroxyl groups is 1. The van der Waals surface area contributed by atoms with Crippen molar-refractivity contribution in [2.75, 3.05) is 27.3 Å². The van der Waals surface area contributed by atoms with Gasteiger partial charge in [-0.1, -0.05) is 49.4 Å². The normalized spacial score (nSPS) is 28.3. The molecule has 11 nitrogen and oxygen atoms in total. The van der Waals surface area contributed by atoms with Crippen molar-refractivity contribution in [1.82, 2.24) is 20.4 Å². The van der Waals surface area contributed by atoms with Gasteiger partial charge in [-0.3, -0.25) is 19.2 Å². The number of hydrogen-bond acceptors (Lipinski definition) is 7. The first-order chi connectivity index (χ1) is 19.5. The Morgan fingerprint density at radius 3 is 2.22 bits per heavy atom. The van der Waals surface area contributed by atoms with E-state index in [1.807, 2.05) is 30.3 Å². The number of aliphatic hydroxyl groups is 1. The number of ether oxygens (including phenoxy) is 1. The van der Waals surface area contributed by atoms with Crippen LogP contribution in [0, 0.1) is 11.8 Å². The molecule has 6 atom stereocenters. The fourth-order valence-corrected chi connectivity index (χ4v) is 5.39. The van der Waals surface area contributed by atoms with Crippen LogP contribution in [-0.4, -0.2) is 101 Å². The summed E-state index contributed by atoms with van der Waals surface area (Å²) in [6, 6.07) is 11.3. The van der Waals surface area contributed by atoms with Crippen molar-refractivity contribution in [2.24, 2.45) is 11.8 Å². The lowest BCUT2D eigenvalue weighted by Gasteiger charge is -2.44. The Morgan fingerprint density at radius 1 is 0.976 bits per heavy atom. The topological polar surface area (TPSA) is 149 Å². The number of carbonyl (C=O) groups excluding carboxylic acids is 4. The maximum absolute atomic E-state index is 13.9. The minimum atomic E-state index is -1.30. The van der Waals surface area contributed by atoms with Crippen LogP contribution < -0.4 is 10.6 Å². The van der Waals surface area contributed by atoms with Crippen LogP contribution in [0.5, 0.6) is 5.75 Å². The summed E-state index contributed by atoms with van der Waals surface area (Å²) in [6.07, 6.45) is -1.08.